The average molecular weight is 518 g/mol. The Morgan fingerprint density at radius 1 is 0.973 bits per heavy atom. The molecular formula is C30H51N3O4. The smallest absolute Gasteiger partial charge is 0.408 e. The second kappa shape index (κ2) is 13.3. The predicted molar refractivity (Wildman–Crippen MR) is 150 cm³/mol. The number of carbonyl (C=O) groups is 3. The molecule has 3 amide bonds. The van der Waals surface area contributed by atoms with Gasteiger partial charge in [-0.3, -0.25) is 9.59 Å². The number of aryl methyl sites for hydroxylation is 2. The third-order valence-electron chi connectivity index (χ3n) is 6.00. The fourth-order valence-electron chi connectivity index (χ4n) is 4.43. The Bertz CT molecular complexity index is 928. The minimum Gasteiger partial charge on any atom is -0.444 e. The van der Waals surface area contributed by atoms with Crippen molar-refractivity contribution in [1.29, 1.82) is 0 Å². The lowest BCUT2D eigenvalue weighted by Crippen LogP contribution is -2.59. The molecule has 3 atom stereocenters. The summed E-state index contributed by atoms with van der Waals surface area (Å²) < 4.78 is 5.47. The second-order valence-electron chi connectivity index (χ2n) is 12.7. The second-order valence-corrected chi connectivity index (χ2v) is 12.7. The van der Waals surface area contributed by atoms with E-state index in [-0.39, 0.29) is 23.8 Å². The van der Waals surface area contributed by atoms with Crippen LogP contribution in [0, 0.1) is 19.8 Å². The number of hydrogen-bond donors (Lipinski definition) is 2. The van der Waals surface area contributed by atoms with Crippen LogP contribution in [0.1, 0.15) is 111 Å². The maximum absolute atomic E-state index is 14.3. The number of benzene rings is 1. The summed E-state index contributed by atoms with van der Waals surface area (Å²) in [6, 6.07) is 4.23. The molecule has 0 aliphatic heterocycles. The SMILES string of the molecule is CCCC(C)NC(=O)C(c1cc(C)ccc1C)N(C(=O)C(CC(C)C)NC(=O)OC(C)(C)C)C(C)(C)C. The van der Waals surface area contributed by atoms with Crippen molar-refractivity contribution in [1.82, 2.24) is 15.5 Å². The normalized spacial score (nSPS) is 14.5. The summed E-state index contributed by atoms with van der Waals surface area (Å²) in [5.41, 5.74) is 1.30. The molecule has 1 aromatic rings. The number of nitrogens with one attached hydrogen (secondary N) is 2. The van der Waals surface area contributed by atoms with E-state index in [1.807, 2.05) is 73.6 Å². The van der Waals surface area contributed by atoms with Crippen LogP contribution in [0.4, 0.5) is 4.79 Å². The van der Waals surface area contributed by atoms with Crippen LogP contribution < -0.4 is 10.6 Å². The Morgan fingerprint density at radius 3 is 2.05 bits per heavy atom. The van der Waals surface area contributed by atoms with Crippen LogP contribution in [-0.4, -0.2) is 46.0 Å². The highest BCUT2D eigenvalue weighted by atomic mass is 16.6. The van der Waals surface area contributed by atoms with Crippen molar-refractivity contribution in [2.45, 2.75) is 132 Å². The van der Waals surface area contributed by atoms with Crippen molar-refractivity contribution in [3.05, 3.63) is 34.9 Å². The van der Waals surface area contributed by atoms with Gasteiger partial charge < -0.3 is 20.3 Å². The molecule has 7 heteroatoms. The first kappa shape index (κ1) is 32.5. The number of ether oxygens (including phenoxy) is 1. The van der Waals surface area contributed by atoms with Crippen molar-refractivity contribution in [3.8, 4) is 0 Å². The van der Waals surface area contributed by atoms with Crippen LogP contribution in [0.2, 0.25) is 0 Å². The van der Waals surface area contributed by atoms with E-state index in [1.165, 1.54) is 0 Å². The van der Waals surface area contributed by atoms with Gasteiger partial charge in [-0.15, -0.1) is 0 Å². The Kier molecular flexibility index (Phi) is 11.7. The van der Waals surface area contributed by atoms with Gasteiger partial charge in [-0.25, -0.2) is 4.79 Å². The molecule has 0 aromatic heterocycles. The van der Waals surface area contributed by atoms with E-state index in [9.17, 15) is 14.4 Å². The maximum Gasteiger partial charge on any atom is 0.408 e. The first-order chi connectivity index (χ1) is 16.9. The molecule has 0 fully saturated rings. The van der Waals surface area contributed by atoms with Gasteiger partial charge >= 0.3 is 6.09 Å². The molecule has 0 aliphatic rings. The molecule has 1 rings (SSSR count). The molecule has 37 heavy (non-hydrogen) atoms. The third kappa shape index (κ3) is 10.4. The summed E-state index contributed by atoms with van der Waals surface area (Å²) in [6.07, 6.45) is 1.54. The van der Waals surface area contributed by atoms with E-state index in [0.717, 1.165) is 29.5 Å². The minimum absolute atomic E-state index is 0.0339. The van der Waals surface area contributed by atoms with Crippen molar-refractivity contribution in [3.63, 3.8) is 0 Å². The van der Waals surface area contributed by atoms with E-state index >= 15 is 0 Å². The predicted octanol–water partition coefficient (Wildman–Crippen LogP) is 6.22. The number of carbonyl (C=O) groups excluding carboxylic acids is 3. The van der Waals surface area contributed by atoms with E-state index in [4.69, 9.17) is 4.74 Å². The maximum atomic E-state index is 14.3. The molecule has 0 heterocycles. The monoisotopic (exact) mass is 517 g/mol. The zero-order valence-corrected chi connectivity index (χ0v) is 25.2. The average Bonchev–Trinajstić information content (AvgIpc) is 2.70. The van der Waals surface area contributed by atoms with E-state index in [0.29, 0.717) is 6.42 Å². The van der Waals surface area contributed by atoms with Gasteiger partial charge in [0.05, 0.1) is 0 Å². The van der Waals surface area contributed by atoms with Gasteiger partial charge in [-0.1, -0.05) is 51.0 Å². The number of alkyl carbamates (subject to hydrolysis) is 1. The molecule has 0 spiro atoms. The van der Waals surface area contributed by atoms with Gasteiger partial charge in [-0.05, 0) is 92.2 Å². The zero-order valence-electron chi connectivity index (χ0n) is 25.2. The summed E-state index contributed by atoms with van der Waals surface area (Å²) in [5, 5.41) is 5.95. The van der Waals surface area contributed by atoms with Crippen molar-refractivity contribution >= 4 is 17.9 Å². The highest BCUT2D eigenvalue weighted by Crippen LogP contribution is 2.33. The quantitative estimate of drug-likeness (QED) is 0.386. The minimum atomic E-state index is -0.859. The van der Waals surface area contributed by atoms with Crippen LogP contribution in [0.25, 0.3) is 0 Å². The fraction of sp³-hybridized carbons (Fsp3) is 0.700. The molecule has 0 saturated heterocycles. The third-order valence-corrected chi connectivity index (χ3v) is 6.00. The molecule has 1 aromatic carbocycles. The molecule has 0 radical (unpaired) electrons. The summed E-state index contributed by atoms with van der Waals surface area (Å²) in [7, 11) is 0. The van der Waals surface area contributed by atoms with Gasteiger partial charge in [0.15, 0.2) is 0 Å². The van der Waals surface area contributed by atoms with Crippen LogP contribution >= 0.6 is 0 Å². The van der Waals surface area contributed by atoms with Crippen LogP contribution in [0.15, 0.2) is 18.2 Å². The first-order valence-corrected chi connectivity index (χ1v) is 13.6. The van der Waals surface area contributed by atoms with Gasteiger partial charge in [-0.2, -0.15) is 0 Å². The number of hydrogen-bond acceptors (Lipinski definition) is 4. The van der Waals surface area contributed by atoms with E-state index in [2.05, 4.69) is 17.6 Å². The summed E-state index contributed by atoms with van der Waals surface area (Å²) >= 11 is 0. The van der Waals surface area contributed by atoms with Gasteiger partial charge in [0.2, 0.25) is 11.8 Å². The standard InChI is InChI=1S/C30H51N3O4/c1-13-14-22(6)31-26(34)25(23-18-20(4)15-16-21(23)5)33(29(7,8)9)27(35)24(17-19(2)3)32-28(36)37-30(10,11)12/h15-16,18-19,22,24-25H,13-14,17H2,1-12H3,(H,31,34)(H,32,36). The number of amides is 3. The van der Waals surface area contributed by atoms with Gasteiger partial charge in [0.1, 0.15) is 17.7 Å². The van der Waals surface area contributed by atoms with Crippen molar-refractivity contribution in [2.24, 2.45) is 5.92 Å². The summed E-state index contributed by atoms with van der Waals surface area (Å²) in [6.45, 7) is 23.1. The molecular weight excluding hydrogens is 466 g/mol. The van der Waals surface area contributed by atoms with Gasteiger partial charge in [0.25, 0.3) is 0 Å². The molecule has 0 saturated carbocycles. The Hall–Kier alpha value is -2.57. The zero-order chi connectivity index (χ0) is 28.7. The fourth-order valence-corrected chi connectivity index (χ4v) is 4.43. The van der Waals surface area contributed by atoms with Crippen LogP contribution in [-0.2, 0) is 14.3 Å². The topological polar surface area (TPSA) is 87.7 Å². The summed E-state index contributed by atoms with van der Waals surface area (Å²) in [5.74, 6) is -0.405. The van der Waals surface area contributed by atoms with Crippen molar-refractivity contribution in [2.75, 3.05) is 0 Å². The molecule has 7 nitrogen and oxygen atoms in total. The Morgan fingerprint density at radius 2 is 1.57 bits per heavy atom. The highest BCUT2D eigenvalue weighted by molar-refractivity contribution is 5.93. The van der Waals surface area contributed by atoms with Crippen LogP contribution in [0.5, 0.6) is 0 Å². The molecule has 0 bridgehead atoms. The lowest BCUT2D eigenvalue weighted by molar-refractivity contribution is -0.149. The lowest BCUT2D eigenvalue weighted by atomic mass is 9.91. The van der Waals surface area contributed by atoms with E-state index in [1.54, 1.807) is 25.7 Å². The Labute approximate surface area is 225 Å². The molecule has 3 unspecified atom stereocenters. The molecule has 210 valence electrons. The van der Waals surface area contributed by atoms with Crippen LogP contribution in [0.3, 0.4) is 0 Å². The lowest BCUT2D eigenvalue weighted by Gasteiger charge is -2.44. The first-order valence-electron chi connectivity index (χ1n) is 13.6. The Balaban J connectivity index is 3.66. The van der Waals surface area contributed by atoms with Crippen molar-refractivity contribution < 1.29 is 19.1 Å². The largest absolute Gasteiger partial charge is 0.444 e. The molecule has 2 N–H and O–H groups in total. The number of nitrogens with zero attached hydrogens (tertiary/aromatic N) is 1. The highest BCUT2D eigenvalue weighted by Gasteiger charge is 2.42. The molecule has 0 aliphatic carbocycles. The number of rotatable bonds is 10. The van der Waals surface area contributed by atoms with Gasteiger partial charge in [0, 0.05) is 11.6 Å². The van der Waals surface area contributed by atoms with E-state index < -0.39 is 29.3 Å². The summed E-state index contributed by atoms with van der Waals surface area (Å²) in [4.78, 5) is 42.6.